The van der Waals surface area contributed by atoms with Gasteiger partial charge in [-0.2, -0.15) is 5.10 Å². The number of rotatable bonds is 6. The quantitative estimate of drug-likeness (QED) is 0.467. The zero-order valence-corrected chi connectivity index (χ0v) is 18.9. The highest BCUT2D eigenvalue weighted by molar-refractivity contribution is 7.92. The number of aryl methyl sites for hydroxylation is 1. The first-order chi connectivity index (χ1) is 15.1. The van der Waals surface area contributed by atoms with Crippen LogP contribution in [-0.4, -0.2) is 37.1 Å². The molecule has 1 aromatic heterocycles. The predicted octanol–water partition coefficient (Wildman–Crippen LogP) is 2.27. The fraction of sp³-hybridized carbons (Fsp3) is 0.150. The number of halogens is 1. The monoisotopic (exact) mass is 477 g/mol. The third-order valence-electron chi connectivity index (χ3n) is 4.60. The molecule has 10 nitrogen and oxygen atoms in total. The van der Waals surface area contributed by atoms with Crippen LogP contribution in [0.25, 0.3) is 0 Å². The lowest BCUT2D eigenvalue weighted by Gasteiger charge is -2.13. The van der Waals surface area contributed by atoms with Gasteiger partial charge in [0, 0.05) is 18.3 Å². The highest BCUT2D eigenvalue weighted by Crippen LogP contribution is 2.29. The second-order valence-electron chi connectivity index (χ2n) is 6.63. The van der Waals surface area contributed by atoms with Crippen molar-refractivity contribution in [1.29, 1.82) is 0 Å². The van der Waals surface area contributed by atoms with Gasteiger partial charge in [0.05, 0.1) is 29.6 Å². The van der Waals surface area contributed by atoms with Gasteiger partial charge >= 0.3 is 0 Å². The number of anilines is 1. The van der Waals surface area contributed by atoms with Crippen LogP contribution in [0.3, 0.4) is 0 Å². The minimum Gasteiger partial charge on any atom is -0.495 e. The Morgan fingerprint density at radius 2 is 1.78 bits per heavy atom. The molecule has 0 unspecified atom stereocenters. The Morgan fingerprint density at radius 3 is 2.44 bits per heavy atom. The highest BCUT2D eigenvalue weighted by atomic mass is 35.5. The topological polar surface area (TPSA) is 131 Å². The third-order valence-corrected chi connectivity index (χ3v) is 6.45. The first-order valence-electron chi connectivity index (χ1n) is 9.18. The van der Waals surface area contributed by atoms with Crippen LogP contribution in [0, 0.1) is 6.92 Å². The van der Waals surface area contributed by atoms with Crippen molar-refractivity contribution in [2.45, 2.75) is 11.8 Å². The molecular weight excluding hydrogens is 458 g/mol. The van der Waals surface area contributed by atoms with Gasteiger partial charge in [-0.3, -0.25) is 29.8 Å². The molecule has 0 bridgehead atoms. The third kappa shape index (κ3) is 4.84. The van der Waals surface area contributed by atoms with E-state index in [-0.39, 0.29) is 26.7 Å². The van der Waals surface area contributed by atoms with E-state index in [4.69, 9.17) is 16.3 Å². The van der Waals surface area contributed by atoms with E-state index in [1.54, 1.807) is 32.2 Å². The largest absolute Gasteiger partial charge is 0.495 e. The van der Waals surface area contributed by atoms with Crippen molar-refractivity contribution in [3.8, 4) is 5.75 Å². The molecule has 3 N–H and O–H groups in total. The number of hydrogen-bond acceptors (Lipinski definition) is 6. The zero-order chi connectivity index (χ0) is 23.5. The Labute approximate surface area is 189 Å². The smallest absolute Gasteiger partial charge is 0.273 e. The van der Waals surface area contributed by atoms with Gasteiger partial charge in [0.25, 0.3) is 21.8 Å². The van der Waals surface area contributed by atoms with Gasteiger partial charge in [0.15, 0.2) is 0 Å². The summed E-state index contributed by atoms with van der Waals surface area (Å²) in [6.45, 7) is 1.70. The number of amides is 2. The first kappa shape index (κ1) is 23.1. The van der Waals surface area contributed by atoms with Crippen LogP contribution >= 0.6 is 11.6 Å². The molecule has 0 spiro atoms. The molecule has 0 atom stereocenters. The second-order valence-corrected chi connectivity index (χ2v) is 8.68. The molecule has 1 heterocycles. The fourth-order valence-electron chi connectivity index (χ4n) is 2.75. The number of aromatic nitrogens is 2. The van der Waals surface area contributed by atoms with E-state index in [2.05, 4.69) is 20.7 Å². The van der Waals surface area contributed by atoms with Gasteiger partial charge in [-0.05, 0) is 37.3 Å². The van der Waals surface area contributed by atoms with E-state index in [1.165, 1.54) is 36.2 Å². The Bertz CT molecular complexity index is 1290. The van der Waals surface area contributed by atoms with Gasteiger partial charge in [-0.25, -0.2) is 8.42 Å². The number of carbonyl (C=O) groups excluding carboxylic acids is 2. The molecule has 0 radical (unpaired) electrons. The summed E-state index contributed by atoms with van der Waals surface area (Å²) in [7, 11) is -1.06. The lowest BCUT2D eigenvalue weighted by Crippen LogP contribution is -2.41. The van der Waals surface area contributed by atoms with Crippen molar-refractivity contribution in [3.05, 3.63) is 70.5 Å². The number of nitrogens with one attached hydrogen (secondary N) is 3. The average Bonchev–Trinajstić information content (AvgIpc) is 3.10. The van der Waals surface area contributed by atoms with Crippen LogP contribution in [0.15, 0.2) is 53.6 Å². The van der Waals surface area contributed by atoms with Crippen molar-refractivity contribution >= 4 is 39.1 Å². The van der Waals surface area contributed by atoms with Crippen LogP contribution in [0.1, 0.15) is 26.4 Å². The molecule has 2 aromatic carbocycles. The minimum atomic E-state index is -4.15. The number of sulfonamides is 1. The van der Waals surface area contributed by atoms with Gasteiger partial charge in [0.2, 0.25) is 0 Å². The Hall–Kier alpha value is -3.57. The van der Waals surface area contributed by atoms with Crippen LogP contribution in [0.5, 0.6) is 5.75 Å². The van der Waals surface area contributed by atoms with Crippen molar-refractivity contribution in [1.82, 2.24) is 20.6 Å². The molecule has 3 rings (SSSR count). The van der Waals surface area contributed by atoms with Gasteiger partial charge in [0.1, 0.15) is 10.6 Å². The summed E-state index contributed by atoms with van der Waals surface area (Å²) in [4.78, 5) is 24.4. The summed E-state index contributed by atoms with van der Waals surface area (Å²) in [5, 5.41) is 3.88. The molecule has 2 amide bonds. The molecule has 0 aliphatic heterocycles. The van der Waals surface area contributed by atoms with Crippen LogP contribution in [0.4, 0.5) is 5.69 Å². The number of hydrazine groups is 1. The minimum absolute atomic E-state index is 0.0296. The average molecular weight is 478 g/mol. The highest BCUT2D eigenvalue weighted by Gasteiger charge is 2.22. The van der Waals surface area contributed by atoms with Crippen molar-refractivity contribution < 1.29 is 22.7 Å². The molecule has 0 saturated carbocycles. The summed E-state index contributed by atoms with van der Waals surface area (Å²) in [6, 6.07) is 10.2. The van der Waals surface area contributed by atoms with E-state index in [0.29, 0.717) is 11.4 Å². The summed E-state index contributed by atoms with van der Waals surface area (Å²) in [5.74, 6) is -0.983. The Balaban J connectivity index is 1.79. The molecule has 0 aliphatic carbocycles. The van der Waals surface area contributed by atoms with Crippen LogP contribution < -0.4 is 20.3 Å². The number of methoxy groups -OCH3 is 1. The van der Waals surface area contributed by atoms with E-state index in [1.807, 2.05) is 0 Å². The number of benzene rings is 2. The maximum absolute atomic E-state index is 12.9. The molecule has 168 valence electrons. The summed E-state index contributed by atoms with van der Waals surface area (Å²) < 4.78 is 34.8. The SMILES string of the molecule is COc1ccccc1NS(=O)(=O)c1cc(C(=O)NNC(=O)c2cnn(C)c2C)ccc1Cl. The van der Waals surface area contributed by atoms with Crippen LogP contribution in [-0.2, 0) is 17.1 Å². The lowest BCUT2D eigenvalue weighted by atomic mass is 10.2. The van der Waals surface area contributed by atoms with Crippen LogP contribution in [0.2, 0.25) is 5.02 Å². The Morgan fingerprint density at radius 1 is 1.09 bits per heavy atom. The molecular formula is C20H20ClN5O5S. The zero-order valence-electron chi connectivity index (χ0n) is 17.3. The number of ether oxygens (including phenoxy) is 1. The number of para-hydroxylation sites is 2. The normalized spacial score (nSPS) is 11.0. The molecule has 0 saturated heterocycles. The lowest BCUT2D eigenvalue weighted by molar-refractivity contribution is 0.0846. The number of nitrogens with zero attached hydrogens (tertiary/aromatic N) is 2. The fourth-order valence-corrected chi connectivity index (χ4v) is 4.35. The number of hydrogen-bond donors (Lipinski definition) is 3. The maximum Gasteiger partial charge on any atom is 0.273 e. The van der Waals surface area contributed by atoms with E-state index >= 15 is 0 Å². The summed E-state index contributed by atoms with van der Waals surface area (Å²) >= 11 is 6.09. The van der Waals surface area contributed by atoms with Gasteiger partial charge in [-0.1, -0.05) is 23.7 Å². The van der Waals surface area contributed by atoms with Crippen molar-refractivity contribution in [2.24, 2.45) is 7.05 Å². The molecule has 0 aliphatic rings. The molecule has 32 heavy (non-hydrogen) atoms. The van der Waals surface area contributed by atoms with Gasteiger partial charge in [-0.15, -0.1) is 0 Å². The summed E-state index contributed by atoms with van der Waals surface area (Å²) in [6.07, 6.45) is 1.37. The second kappa shape index (κ2) is 9.28. The van der Waals surface area contributed by atoms with E-state index in [0.717, 1.165) is 6.07 Å². The standard InChI is InChI=1S/C20H20ClN5O5S/c1-12-14(11-22-26(12)2)20(28)24-23-19(27)13-8-9-15(21)18(10-13)32(29,30)25-16-6-4-5-7-17(16)31-3/h4-11,25H,1-3H3,(H,23,27)(H,24,28). The predicted molar refractivity (Wildman–Crippen MR) is 118 cm³/mol. The van der Waals surface area contributed by atoms with E-state index in [9.17, 15) is 18.0 Å². The molecule has 3 aromatic rings. The molecule has 12 heteroatoms. The summed E-state index contributed by atoms with van der Waals surface area (Å²) in [5.41, 5.74) is 5.59. The molecule has 0 fully saturated rings. The van der Waals surface area contributed by atoms with Crippen molar-refractivity contribution in [2.75, 3.05) is 11.8 Å². The number of carbonyl (C=O) groups is 2. The van der Waals surface area contributed by atoms with Crippen molar-refractivity contribution in [3.63, 3.8) is 0 Å². The first-order valence-corrected chi connectivity index (χ1v) is 11.0. The Kier molecular flexibility index (Phi) is 6.70. The van der Waals surface area contributed by atoms with E-state index < -0.39 is 21.8 Å². The maximum atomic E-state index is 12.9. The van der Waals surface area contributed by atoms with Gasteiger partial charge < -0.3 is 4.74 Å².